The SMILES string of the molecule is CC(=O)c1ccc(N(C(=O)Cn2nnc3ccccc32)C(C(=O)NC2CCCCC2)c2cccs2)cc1. The molecule has 37 heavy (non-hydrogen) atoms. The highest BCUT2D eigenvalue weighted by Crippen LogP contribution is 2.32. The van der Waals surface area contributed by atoms with Gasteiger partial charge in [0.1, 0.15) is 18.1 Å². The van der Waals surface area contributed by atoms with Crippen molar-refractivity contribution >= 4 is 45.7 Å². The number of ketones is 1. The maximum atomic E-state index is 14.0. The molecule has 1 aliphatic carbocycles. The summed E-state index contributed by atoms with van der Waals surface area (Å²) in [6, 6.07) is 17.3. The van der Waals surface area contributed by atoms with Crippen LogP contribution in [0.4, 0.5) is 5.69 Å². The van der Waals surface area contributed by atoms with E-state index in [1.165, 1.54) is 29.6 Å². The minimum atomic E-state index is -0.854. The minimum absolute atomic E-state index is 0.0663. The van der Waals surface area contributed by atoms with E-state index in [1.54, 1.807) is 28.9 Å². The number of anilines is 1. The fourth-order valence-electron chi connectivity index (χ4n) is 4.88. The smallest absolute Gasteiger partial charge is 0.249 e. The van der Waals surface area contributed by atoms with Gasteiger partial charge in [0, 0.05) is 22.2 Å². The van der Waals surface area contributed by atoms with E-state index in [-0.39, 0.29) is 30.2 Å². The number of nitrogens with one attached hydrogen (secondary N) is 1. The third-order valence-electron chi connectivity index (χ3n) is 6.80. The van der Waals surface area contributed by atoms with E-state index in [4.69, 9.17) is 0 Å². The first-order valence-electron chi connectivity index (χ1n) is 12.6. The van der Waals surface area contributed by atoms with Crippen molar-refractivity contribution < 1.29 is 14.4 Å². The number of rotatable bonds is 8. The van der Waals surface area contributed by atoms with E-state index in [0.717, 1.165) is 36.1 Å². The highest BCUT2D eigenvalue weighted by molar-refractivity contribution is 7.10. The predicted octanol–water partition coefficient (Wildman–Crippen LogP) is 4.92. The number of carbonyl (C=O) groups excluding carboxylic acids is 3. The van der Waals surface area contributed by atoms with Crippen LogP contribution in [0.15, 0.2) is 66.0 Å². The number of aromatic nitrogens is 3. The molecule has 1 unspecified atom stereocenters. The monoisotopic (exact) mass is 515 g/mol. The van der Waals surface area contributed by atoms with Crippen LogP contribution in [0.3, 0.4) is 0 Å². The maximum Gasteiger partial charge on any atom is 0.249 e. The molecular weight excluding hydrogens is 486 g/mol. The number of Topliss-reactive ketones (excluding diaryl/α,β-unsaturated/α-hetero) is 1. The minimum Gasteiger partial charge on any atom is -0.351 e. The number of para-hydroxylation sites is 1. The molecule has 0 saturated heterocycles. The Kier molecular flexibility index (Phi) is 7.41. The summed E-state index contributed by atoms with van der Waals surface area (Å²) < 4.78 is 1.55. The summed E-state index contributed by atoms with van der Waals surface area (Å²) in [7, 11) is 0. The molecule has 0 spiro atoms. The Hall–Kier alpha value is -3.85. The van der Waals surface area contributed by atoms with Gasteiger partial charge in [-0.2, -0.15) is 0 Å². The molecule has 1 aliphatic rings. The zero-order valence-electron chi connectivity index (χ0n) is 20.7. The molecular formula is C28H29N5O3S. The molecule has 0 radical (unpaired) electrons. The number of benzene rings is 2. The number of thiophene rings is 1. The lowest BCUT2D eigenvalue weighted by Crippen LogP contribution is -2.48. The Balaban J connectivity index is 1.53. The second-order valence-corrected chi connectivity index (χ2v) is 10.3. The number of fused-ring (bicyclic) bond motifs is 1. The van der Waals surface area contributed by atoms with Gasteiger partial charge in [0.25, 0.3) is 0 Å². The van der Waals surface area contributed by atoms with Crippen molar-refractivity contribution in [1.29, 1.82) is 0 Å². The lowest BCUT2D eigenvalue weighted by atomic mass is 9.95. The molecule has 0 aliphatic heterocycles. The summed E-state index contributed by atoms with van der Waals surface area (Å²) in [5, 5.41) is 13.5. The van der Waals surface area contributed by atoms with Crippen LogP contribution in [0.5, 0.6) is 0 Å². The number of amides is 2. The van der Waals surface area contributed by atoms with E-state index in [1.807, 2.05) is 41.8 Å². The molecule has 4 aromatic rings. The zero-order chi connectivity index (χ0) is 25.8. The molecule has 2 aromatic heterocycles. The first-order chi connectivity index (χ1) is 18.0. The van der Waals surface area contributed by atoms with E-state index in [9.17, 15) is 14.4 Å². The van der Waals surface area contributed by atoms with Crippen LogP contribution in [-0.4, -0.2) is 38.6 Å². The first kappa shape index (κ1) is 24.8. The molecule has 1 saturated carbocycles. The van der Waals surface area contributed by atoms with E-state index in [2.05, 4.69) is 15.6 Å². The molecule has 5 rings (SSSR count). The molecule has 2 aromatic carbocycles. The molecule has 9 heteroatoms. The molecule has 8 nitrogen and oxygen atoms in total. The lowest BCUT2D eigenvalue weighted by Gasteiger charge is -2.32. The Labute approximate surface area is 219 Å². The van der Waals surface area contributed by atoms with E-state index >= 15 is 0 Å². The topological polar surface area (TPSA) is 97.2 Å². The normalized spacial score (nSPS) is 14.8. The lowest BCUT2D eigenvalue weighted by molar-refractivity contribution is -0.127. The van der Waals surface area contributed by atoms with Crippen LogP contribution in [0.25, 0.3) is 11.0 Å². The molecule has 1 N–H and O–H groups in total. The number of carbonyl (C=O) groups is 3. The quantitative estimate of drug-likeness (QED) is 0.336. The Morgan fingerprint density at radius 2 is 1.78 bits per heavy atom. The van der Waals surface area contributed by atoms with Crippen LogP contribution in [0, 0.1) is 0 Å². The predicted molar refractivity (Wildman–Crippen MR) is 144 cm³/mol. The summed E-state index contributed by atoms with van der Waals surface area (Å²) in [5.41, 5.74) is 2.51. The Morgan fingerprint density at radius 1 is 1.03 bits per heavy atom. The fourth-order valence-corrected chi connectivity index (χ4v) is 5.69. The summed E-state index contributed by atoms with van der Waals surface area (Å²) in [5.74, 6) is -0.575. The van der Waals surface area contributed by atoms with Gasteiger partial charge < -0.3 is 5.32 Å². The average Bonchev–Trinajstić information content (AvgIpc) is 3.58. The summed E-state index contributed by atoms with van der Waals surface area (Å²) in [4.78, 5) is 42.0. The van der Waals surface area contributed by atoms with Crippen LogP contribution in [0.1, 0.15) is 60.3 Å². The summed E-state index contributed by atoms with van der Waals surface area (Å²) in [6.07, 6.45) is 5.23. The van der Waals surface area contributed by atoms with Crippen molar-refractivity contribution in [3.05, 3.63) is 76.5 Å². The van der Waals surface area contributed by atoms with Gasteiger partial charge in [-0.3, -0.25) is 19.3 Å². The van der Waals surface area contributed by atoms with Gasteiger partial charge in [-0.1, -0.05) is 42.7 Å². The van der Waals surface area contributed by atoms with Crippen molar-refractivity contribution in [1.82, 2.24) is 20.3 Å². The largest absolute Gasteiger partial charge is 0.351 e. The number of hydrogen-bond donors (Lipinski definition) is 1. The van der Waals surface area contributed by atoms with Crippen molar-refractivity contribution in [2.45, 2.75) is 57.7 Å². The first-order valence-corrected chi connectivity index (χ1v) is 13.4. The molecule has 2 heterocycles. The van der Waals surface area contributed by atoms with Gasteiger partial charge >= 0.3 is 0 Å². The second kappa shape index (κ2) is 11.0. The maximum absolute atomic E-state index is 14.0. The molecule has 1 atom stereocenters. The molecule has 1 fully saturated rings. The van der Waals surface area contributed by atoms with Gasteiger partial charge in [0.15, 0.2) is 5.78 Å². The third-order valence-corrected chi connectivity index (χ3v) is 7.72. The highest BCUT2D eigenvalue weighted by atomic mass is 32.1. The van der Waals surface area contributed by atoms with Gasteiger partial charge in [-0.15, -0.1) is 16.4 Å². The van der Waals surface area contributed by atoms with Crippen LogP contribution in [0.2, 0.25) is 0 Å². The highest BCUT2D eigenvalue weighted by Gasteiger charge is 2.35. The number of hydrogen-bond acceptors (Lipinski definition) is 6. The fraction of sp³-hybridized carbons (Fsp3) is 0.321. The van der Waals surface area contributed by atoms with Crippen molar-refractivity contribution in [2.75, 3.05) is 4.90 Å². The van der Waals surface area contributed by atoms with Gasteiger partial charge in [-0.25, -0.2) is 4.68 Å². The van der Waals surface area contributed by atoms with Crippen LogP contribution in [-0.2, 0) is 16.1 Å². The van der Waals surface area contributed by atoms with Crippen LogP contribution >= 0.6 is 11.3 Å². The molecule has 2 amide bonds. The molecule has 0 bridgehead atoms. The Bertz CT molecular complexity index is 1390. The van der Waals surface area contributed by atoms with Crippen molar-refractivity contribution in [3.63, 3.8) is 0 Å². The van der Waals surface area contributed by atoms with Crippen molar-refractivity contribution in [3.8, 4) is 0 Å². The summed E-state index contributed by atoms with van der Waals surface area (Å²) >= 11 is 1.44. The zero-order valence-corrected chi connectivity index (χ0v) is 21.5. The van der Waals surface area contributed by atoms with Gasteiger partial charge in [-0.05, 0) is 67.6 Å². The van der Waals surface area contributed by atoms with E-state index in [0.29, 0.717) is 16.8 Å². The van der Waals surface area contributed by atoms with Crippen LogP contribution < -0.4 is 10.2 Å². The summed E-state index contributed by atoms with van der Waals surface area (Å²) in [6.45, 7) is 1.41. The van der Waals surface area contributed by atoms with Gasteiger partial charge in [0.05, 0.1) is 5.52 Å². The standard InChI is InChI=1S/C28H29N5O3S/c1-19(34)20-13-15-22(16-14-20)33(26(35)18-32-24-11-6-5-10-23(24)30-31-32)27(25-12-7-17-37-25)28(36)29-21-8-3-2-4-9-21/h5-7,10-17,21,27H,2-4,8-9,18H2,1H3,(H,29,36). The third kappa shape index (κ3) is 5.46. The average molecular weight is 516 g/mol. The van der Waals surface area contributed by atoms with Crippen molar-refractivity contribution in [2.24, 2.45) is 0 Å². The van der Waals surface area contributed by atoms with E-state index < -0.39 is 6.04 Å². The molecule has 190 valence electrons. The Morgan fingerprint density at radius 3 is 2.49 bits per heavy atom. The number of nitrogens with zero attached hydrogens (tertiary/aromatic N) is 4. The second-order valence-electron chi connectivity index (χ2n) is 9.36. The van der Waals surface area contributed by atoms with Gasteiger partial charge in [0.2, 0.25) is 11.8 Å².